The molecule has 3 heterocycles. The van der Waals surface area contributed by atoms with E-state index in [9.17, 15) is 0 Å². The lowest BCUT2D eigenvalue weighted by molar-refractivity contribution is 0.0220. The van der Waals surface area contributed by atoms with E-state index in [4.69, 9.17) is 14.0 Å². The van der Waals surface area contributed by atoms with Crippen LogP contribution in [0.15, 0.2) is 10.6 Å². The van der Waals surface area contributed by atoms with Crippen molar-refractivity contribution in [2.24, 2.45) is 17.3 Å². The van der Waals surface area contributed by atoms with Gasteiger partial charge in [0.05, 0.1) is 25.5 Å². The first kappa shape index (κ1) is 13.7. The number of ether oxygens (including phenoxy) is 2. The molecule has 1 saturated carbocycles. The number of hydrogen-bond acceptors (Lipinski definition) is 5. The van der Waals surface area contributed by atoms with Crippen LogP contribution in [0, 0.1) is 24.2 Å². The fraction of sp³-hybridized carbons (Fsp3) is 0.812. The average Bonchev–Trinajstić information content (AvgIpc) is 2.90. The Hall–Kier alpha value is -0.910. The SMILES string of the molecule is Cc1cc(CN2C[C@@H]3COC[C@]3(COCC3CC3)C2)no1. The third-order valence-electron chi connectivity index (χ3n) is 5.09. The van der Waals surface area contributed by atoms with Gasteiger partial charge < -0.3 is 14.0 Å². The van der Waals surface area contributed by atoms with E-state index in [0.29, 0.717) is 5.92 Å². The van der Waals surface area contributed by atoms with Crippen LogP contribution in [0.5, 0.6) is 0 Å². The Morgan fingerprint density at radius 3 is 3.14 bits per heavy atom. The summed E-state index contributed by atoms with van der Waals surface area (Å²) in [5.41, 5.74) is 1.23. The Bertz CT molecular complexity index is 499. The van der Waals surface area contributed by atoms with Gasteiger partial charge in [0.15, 0.2) is 0 Å². The number of rotatable bonds is 6. The molecular weight excluding hydrogens is 268 g/mol. The van der Waals surface area contributed by atoms with E-state index in [2.05, 4.69) is 10.1 Å². The minimum atomic E-state index is 0.202. The summed E-state index contributed by atoms with van der Waals surface area (Å²) >= 11 is 0. The maximum absolute atomic E-state index is 6.01. The van der Waals surface area contributed by atoms with E-state index in [-0.39, 0.29) is 5.41 Å². The zero-order chi connectivity index (χ0) is 14.3. The average molecular weight is 292 g/mol. The maximum atomic E-state index is 6.01. The second-order valence-electron chi connectivity index (χ2n) is 7.13. The summed E-state index contributed by atoms with van der Waals surface area (Å²) in [6.45, 7) is 8.46. The molecule has 0 amide bonds. The molecule has 3 aliphatic rings. The smallest absolute Gasteiger partial charge is 0.133 e. The molecule has 5 heteroatoms. The Labute approximate surface area is 125 Å². The highest BCUT2D eigenvalue weighted by molar-refractivity contribution is 5.06. The lowest BCUT2D eigenvalue weighted by Crippen LogP contribution is -2.36. The zero-order valence-electron chi connectivity index (χ0n) is 12.7. The van der Waals surface area contributed by atoms with Gasteiger partial charge in [0, 0.05) is 43.6 Å². The van der Waals surface area contributed by atoms with Crippen LogP contribution in [-0.4, -0.2) is 49.6 Å². The molecule has 2 atom stereocenters. The third-order valence-corrected chi connectivity index (χ3v) is 5.09. The van der Waals surface area contributed by atoms with Gasteiger partial charge in [-0.15, -0.1) is 0 Å². The molecule has 116 valence electrons. The molecule has 2 aliphatic heterocycles. The summed E-state index contributed by atoms with van der Waals surface area (Å²) < 4.78 is 16.9. The number of hydrogen-bond donors (Lipinski definition) is 0. The minimum absolute atomic E-state index is 0.202. The number of likely N-dealkylation sites (tertiary alicyclic amines) is 1. The molecule has 0 N–H and O–H groups in total. The first-order valence-electron chi connectivity index (χ1n) is 8.04. The highest BCUT2D eigenvalue weighted by atomic mass is 16.5. The van der Waals surface area contributed by atoms with Crippen molar-refractivity contribution in [2.75, 3.05) is 39.5 Å². The van der Waals surface area contributed by atoms with Crippen molar-refractivity contribution in [2.45, 2.75) is 26.3 Å². The lowest BCUT2D eigenvalue weighted by atomic mass is 9.82. The van der Waals surface area contributed by atoms with E-state index in [1.54, 1.807) is 0 Å². The van der Waals surface area contributed by atoms with Gasteiger partial charge in [-0.1, -0.05) is 5.16 Å². The third kappa shape index (κ3) is 2.87. The van der Waals surface area contributed by atoms with Crippen LogP contribution in [0.1, 0.15) is 24.3 Å². The van der Waals surface area contributed by atoms with Crippen LogP contribution in [0.3, 0.4) is 0 Å². The fourth-order valence-corrected chi connectivity index (χ4v) is 3.70. The first-order valence-corrected chi connectivity index (χ1v) is 8.04. The van der Waals surface area contributed by atoms with Gasteiger partial charge in [0.25, 0.3) is 0 Å². The van der Waals surface area contributed by atoms with Crippen molar-refractivity contribution in [1.29, 1.82) is 0 Å². The Balaban J connectivity index is 1.36. The van der Waals surface area contributed by atoms with Gasteiger partial charge in [0.2, 0.25) is 0 Å². The fourth-order valence-electron chi connectivity index (χ4n) is 3.70. The van der Waals surface area contributed by atoms with Crippen LogP contribution < -0.4 is 0 Å². The summed E-state index contributed by atoms with van der Waals surface area (Å²) in [5, 5.41) is 4.11. The largest absolute Gasteiger partial charge is 0.380 e. The second kappa shape index (κ2) is 5.38. The van der Waals surface area contributed by atoms with Crippen LogP contribution in [0.25, 0.3) is 0 Å². The van der Waals surface area contributed by atoms with Gasteiger partial charge in [-0.05, 0) is 25.7 Å². The maximum Gasteiger partial charge on any atom is 0.133 e. The van der Waals surface area contributed by atoms with Crippen LogP contribution in [0.2, 0.25) is 0 Å². The summed E-state index contributed by atoms with van der Waals surface area (Å²) in [6, 6.07) is 2.03. The monoisotopic (exact) mass is 292 g/mol. The minimum Gasteiger partial charge on any atom is -0.380 e. The lowest BCUT2D eigenvalue weighted by Gasteiger charge is -2.27. The summed E-state index contributed by atoms with van der Waals surface area (Å²) in [4.78, 5) is 2.48. The molecule has 3 fully saturated rings. The van der Waals surface area contributed by atoms with Gasteiger partial charge in [0.1, 0.15) is 5.76 Å². The van der Waals surface area contributed by atoms with Crippen molar-refractivity contribution in [3.05, 3.63) is 17.5 Å². The molecule has 4 rings (SSSR count). The molecule has 21 heavy (non-hydrogen) atoms. The van der Waals surface area contributed by atoms with Gasteiger partial charge in [-0.3, -0.25) is 4.90 Å². The normalized spacial score (nSPS) is 32.7. The number of aromatic nitrogens is 1. The second-order valence-corrected chi connectivity index (χ2v) is 7.13. The topological polar surface area (TPSA) is 47.7 Å². The molecule has 0 radical (unpaired) electrons. The highest BCUT2D eigenvalue weighted by Gasteiger charge is 2.50. The zero-order valence-corrected chi connectivity index (χ0v) is 12.7. The quantitative estimate of drug-likeness (QED) is 0.801. The number of fused-ring (bicyclic) bond motifs is 1. The molecule has 1 aromatic rings. The van der Waals surface area contributed by atoms with Crippen molar-refractivity contribution in [1.82, 2.24) is 10.1 Å². The standard InChI is InChI=1S/C16H24N2O3/c1-12-4-15(17-21-12)6-18-5-14-8-20-11-16(14,9-18)10-19-7-13-2-3-13/h4,13-14H,2-3,5-11H2,1H3/t14-,16-/m1/s1. The molecule has 1 aromatic heterocycles. The van der Waals surface area contributed by atoms with E-state index < -0.39 is 0 Å². The first-order chi connectivity index (χ1) is 10.2. The molecule has 5 nitrogen and oxygen atoms in total. The summed E-state index contributed by atoms with van der Waals surface area (Å²) in [7, 11) is 0. The van der Waals surface area contributed by atoms with Gasteiger partial charge in [-0.2, -0.15) is 0 Å². The van der Waals surface area contributed by atoms with Crippen molar-refractivity contribution in [3.63, 3.8) is 0 Å². The van der Waals surface area contributed by atoms with E-state index >= 15 is 0 Å². The molecule has 0 spiro atoms. The molecule has 0 aromatic carbocycles. The van der Waals surface area contributed by atoms with Crippen LogP contribution >= 0.6 is 0 Å². The Kier molecular flexibility index (Phi) is 3.52. The highest BCUT2D eigenvalue weighted by Crippen LogP contribution is 2.42. The van der Waals surface area contributed by atoms with Crippen molar-refractivity contribution in [3.8, 4) is 0 Å². The molecule has 2 saturated heterocycles. The van der Waals surface area contributed by atoms with Gasteiger partial charge >= 0.3 is 0 Å². The molecule has 0 unspecified atom stereocenters. The van der Waals surface area contributed by atoms with Gasteiger partial charge in [-0.25, -0.2) is 0 Å². The number of nitrogens with zero attached hydrogens (tertiary/aromatic N) is 2. The summed E-state index contributed by atoms with van der Waals surface area (Å²) in [6.07, 6.45) is 2.70. The van der Waals surface area contributed by atoms with E-state index in [0.717, 1.165) is 63.4 Å². The predicted molar refractivity (Wildman–Crippen MR) is 76.8 cm³/mol. The number of aryl methyl sites for hydroxylation is 1. The Morgan fingerprint density at radius 1 is 1.48 bits per heavy atom. The molecule has 1 aliphatic carbocycles. The Morgan fingerprint density at radius 2 is 2.38 bits per heavy atom. The predicted octanol–water partition coefficient (Wildman–Crippen LogP) is 1.86. The van der Waals surface area contributed by atoms with Crippen LogP contribution in [0.4, 0.5) is 0 Å². The van der Waals surface area contributed by atoms with E-state index in [1.165, 1.54) is 12.8 Å². The molecular formula is C16H24N2O3. The van der Waals surface area contributed by atoms with Crippen LogP contribution in [-0.2, 0) is 16.0 Å². The van der Waals surface area contributed by atoms with E-state index in [1.807, 2.05) is 13.0 Å². The molecule has 0 bridgehead atoms. The summed E-state index contributed by atoms with van der Waals surface area (Å²) in [5.74, 6) is 2.32. The van der Waals surface area contributed by atoms with Crippen molar-refractivity contribution >= 4 is 0 Å². The van der Waals surface area contributed by atoms with Crippen molar-refractivity contribution < 1.29 is 14.0 Å².